The molecule has 1 aliphatic heterocycles. The second-order valence-corrected chi connectivity index (χ2v) is 6.03. The average molecular weight is 224 g/mol. The van der Waals surface area contributed by atoms with Crippen LogP contribution in [-0.4, -0.2) is 36.1 Å². The van der Waals surface area contributed by atoms with Crippen molar-refractivity contribution in [1.82, 2.24) is 10.2 Å². The van der Waals surface area contributed by atoms with Crippen LogP contribution in [0, 0.1) is 5.92 Å². The van der Waals surface area contributed by atoms with Crippen LogP contribution in [-0.2, 0) is 0 Å². The van der Waals surface area contributed by atoms with Crippen molar-refractivity contribution in [2.75, 3.05) is 13.1 Å². The van der Waals surface area contributed by atoms with E-state index in [1.54, 1.807) is 0 Å². The molecule has 16 heavy (non-hydrogen) atoms. The van der Waals surface area contributed by atoms with E-state index in [9.17, 15) is 0 Å². The fraction of sp³-hybridized carbons (Fsp3) is 1.00. The number of hydrogen-bond donors (Lipinski definition) is 1. The van der Waals surface area contributed by atoms with Crippen molar-refractivity contribution in [3.63, 3.8) is 0 Å². The SMILES string of the molecule is CC1CCNC1CCN(C(C)C)C1CCC1. The van der Waals surface area contributed by atoms with Crippen LogP contribution in [0.4, 0.5) is 0 Å². The van der Waals surface area contributed by atoms with Gasteiger partial charge in [-0.15, -0.1) is 0 Å². The normalized spacial score (nSPS) is 31.3. The van der Waals surface area contributed by atoms with Crippen LogP contribution in [0.3, 0.4) is 0 Å². The summed E-state index contributed by atoms with van der Waals surface area (Å²) in [5.41, 5.74) is 0. The molecule has 0 radical (unpaired) electrons. The summed E-state index contributed by atoms with van der Waals surface area (Å²) in [6, 6.07) is 2.40. The van der Waals surface area contributed by atoms with Gasteiger partial charge in [0.1, 0.15) is 0 Å². The van der Waals surface area contributed by atoms with Gasteiger partial charge in [0.2, 0.25) is 0 Å². The first-order chi connectivity index (χ1) is 7.68. The molecule has 2 nitrogen and oxygen atoms in total. The monoisotopic (exact) mass is 224 g/mol. The van der Waals surface area contributed by atoms with Crippen molar-refractivity contribution in [2.45, 2.75) is 71.0 Å². The Kier molecular flexibility index (Phi) is 4.26. The summed E-state index contributed by atoms with van der Waals surface area (Å²) in [5, 5.41) is 3.65. The predicted octanol–water partition coefficient (Wildman–Crippen LogP) is 2.64. The lowest BCUT2D eigenvalue weighted by Gasteiger charge is -2.41. The van der Waals surface area contributed by atoms with Gasteiger partial charge >= 0.3 is 0 Å². The summed E-state index contributed by atoms with van der Waals surface area (Å²) in [4.78, 5) is 2.73. The van der Waals surface area contributed by atoms with Gasteiger partial charge in [-0.05, 0) is 52.0 Å². The van der Waals surface area contributed by atoms with E-state index >= 15 is 0 Å². The van der Waals surface area contributed by atoms with Crippen molar-refractivity contribution < 1.29 is 0 Å². The van der Waals surface area contributed by atoms with Crippen LogP contribution < -0.4 is 5.32 Å². The van der Waals surface area contributed by atoms with Gasteiger partial charge in [-0.2, -0.15) is 0 Å². The van der Waals surface area contributed by atoms with E-state index in [0.29, 0.717) is 0 Å². The zero-order chi connectivity index (χ0) is 11.5. The zero-order valence-corrected chi connectivity index (χ0v) is 11.2. The third-order valence-electron chi connectivity index (χ3n) is 4.60. The van der Waals surface area contributed by atoms with Gasteiger partial charge < -0.3 is 5.32 Å². The van der Waals surface area contributed by atoms with E-state index in [0.717, 1.165) is 24.0 Å². The first-order valence-electron chi connectivity index (χ1n) is 7.17. The van der Waals surface area contributed by atoms with Crippen molar-refractivity contribution >= 4 is 0 Å². The molecule has 2 heteroatoms. The predicted molar refractivity (Wildman–Crippen MR) is 69.7 cm³/mol. The van der Waals surface area contributed by atoms with Crippen molar-refractivity contribution in [1.29, 1.82) is 0 Å². The molecule has 94 valence electrons. The Morgan fingerprint density at radius 3 is 2.44 bits per heavy atom. The topological polar surface area (TPSA) is 15.3 Å². The molecule has 0 aromatic carbocycles. The van der Waals surface area contributed by atoms with E-state index in [1.807, 2.05) is 0 Å². The molecule has 0 bridgehead atoms. The fourth-order valence-electron chi connectivity index (χ4n) is 3.15. The molecule has 2 unspecified atom stereocenters. The summed E-state index contributed by atoms with van der Waals surface area (Å²) >= 11 is 0. The minimum atomic E-state index is 0.724. The van der Waals surface area contributed by atoms with E-state index < -0.39 is 0 Å². The minimum absolute atomic E-state index is 0.724. The molecule has 1 saturated carbocycles. The molecule has 0 amide bonds. The molecule has 0 aromatic rings. The first-order valence-corrected chi connectivity index (χ1v) is 7.17. The summed E-state index contributed by atoms with van der Waals surface area (Å²) in [6.45, 7) is 9.63. The van der Waals surface area contributed by atoms with Gasteiger partial charge in [0.25, 0.3) is 0 Å². The Morgan fingerprint density at radius 1 is 1.25 bits per heavy atom. The second kappa shape index (κ2) is 5.50. The Hall–Kier alpha value is -0.0800. The molecule has 2 aliphatic rings. The number of hydrogen-bond acceptors (Lipinski definition) is 2. The lowest BCUT2D eigenvalue weighted by atomic mass is 9.90. The van der Waals surface area contributed by atoms with Gasteiger partial charge in [-0.25, -0.2) is 0 Å². The molecule has 0 aromatic heterocycles. The highest BCUT2D eigenvalue weighted by Crippen LogP contribution is 2.27. The van der Waals surface area contributed by atoms with Crippen LogP contribution in [0.5, 0.6) is 0 Å². The molecule has 1 heterocycles. The molecule has 1 aliphatic carbocycles. The molecule has 2 fully saturated rings. The van der Waals surface area contributed by atoms with Gasteiger partial charge in [-0.3, -0.25) is 4.90 Å². The number of rotatable bonds is 5. The van der Waals surface area contributed by atoms with E-state index in [2.05, 4.69) is 31.0 Å². The highest BCUT2D eigenvalue weighted by Gasteiger charge is 2.29. The maximum atomic E-state index is 3.65. The van der Waals surface area contributed by atoms with Crippen LogP contribution in [0.15, 0.2) is 0 Å². The standard InChI is InChI=1S/C14H28N2/c1-11(2)16(13-5-4-6-13)10-8-14-12(3)7-9-15-14/h11-15H,4-10H2,1-3H3. The molecule has 1 saturated heterocycles. The summed E-state index contributed by atoms with van der Waals surface area (Å²) in [6.07, 6.45) is 7.04. The molecule has 2 rings (SSSR count). The van der Waals surface area contributed by atoms with E-state index in [-0.39, 0.29) is 0 Å². The third kappa shape index (κ3) is 2.78. The van der Waals surface area contributed by atoms with Gasteiger partial charge in [0.15, 0.2) is 0 Å². The van der Waals surface area contributed by atoms with Gasteiger partial charge in [0, 0.05) is 24.7 Å². The summed E-state index contributed by atoms with van der Waals surface area (Å²) < 4.78 is 0. The average Bonchev–Trinajstić information content (AvgIpc) is 2.55. The van der Waals surface area contributed by atoms with Crippen molar-refractivity contribution in [3.8, 4) is 0 Å². The Balaban J connectivity index is 1.77. The van der Waals surface area contributed by atoms with Crippen LogP contribution in [0.2, 0.25) is 0 Å². The highest BCUT2D eigenvalue weighted by molar-refractivity contribution is 4.86. The summed E-state index contributed by atoms with van der Waals surface area (Å²) in [7, 11) is 0. The summed E-state index contributed by atoms with van der Waals surface area (Å²) in [5.74, 6) is 0.885. The third-order valence-corrected chi connectivity index (χ3v) is 4.60. The Bertz CT molecular complexity index is 211. The minimum Gasteiger partial charge on any atom is -0.314 e. The Morgan fingerprint density at radius 2 is 2.00 bits per heavy atom. The molecule has 0 spiro atoms. The quantitative estimate of drug-likeness (QED) is 0.772. The number of nitrogens with one attached hydrogen (secondary N) is 1. The van der Waals surface area contributed by atoms with Crippen molar-refractivity contribution in [2.24, 2.45) is 5.92 Å². The largest absolute Gasteiger partial charge is 0.314 e. The van der Waals surface area contributed by atoms with Crippen LogP contribution >= 0.6 is 0 Å². The molecule has 1 N–H and O–H groups in total. The van der Waals surface area contributed by atoms with Crippen LogP contribution in [0.25, 0.3) is 0 Å². The van der Waals surface area contributed by atoms with Gasteiger partial charge in [0.05, 0.1) is 0 Å². The lowest BCUT2D eigenvalue weighted by molar-refractivity contribution is 0.0887. The zero-order valence-electron chi connectivity index (χ0n) is 11.2. The van der Waals surface area contributed by atoms with Gasteiger partial charge in [-0.1, -0.05) is 13.3 Å². The first kappa shape index (κ1) is 12.4. The fourth-order valence-corrected chi connectivity index (χ4v) is 3.15. The smallest absolute Gasteiger partial charge is 0.0105 e. The Labute approximate surface area is 101 Å². The van der Waals surface area contributed by atoms with Crippen molar-refractivity contribution in [3.05, 3.63) is 0 Å². The van der Waals surface area contributed by atoms with E-state index in [4.69, 9.17) is 0 Å². The molecular weight excluding hydrogens is 196 g/mol. The molecule has 2 atom stereocenters. The highest BCUT2D eigenvalue weighted by atomic mass is 15.2. The number of nitrogens with zero attached hydrogens (tertiary/aromatic N) is 1. The lowest BCUT2D eigenvalue weighted by Crippen LogP contribution is -2.46. The van der Waals surface area contributed by atoms with E-state index in [1.165, 1.54) is 45.2 Å². The molecular formula is C14H28N2. The maximum Gasteiger partial charge on any atom is 0.0105 e. The second-order valence-electron chi connectivity index (χ2n) is 6.03. The van der Waals surface area contributed by atoms with Crippen LogP contribution in [0.1, 0.15) is 52.9 Å². The maximum absolute atomic E-state index is 3.65.